The van der Waals surface area contributed by atoms with Gasteiger partial charge in [0.25, 0.3) is 0 Å². The van der Waals surface area contributed by atoms with E-state index in [1.54, 1.807) is 0 Å². The molecule has 0 aliphatic rings. The second kappa shape index (κ2) is 5.15. The van der Waals surface area contributed by atoms with Gasteiger partial charge in [0.05, 0.1) is 6.26 Å². The number of hydrogen-bond acceptors (Lipinski definition) is 4. The van der Waals surface area contributed by atoms with Crippen molar-refractivity contribution in [2.45, 2.75) is 12.5 Å². The molecule has 0 aromatic heterocycles. The molecule has 0 radical (unpaired) electrons. The number of carbonyl (C=O) groups is 1. The molecule has 1 atom stereocenters. The molecular weight excluding hydrogens is 198 g/mol. The first-order valence-corrected chi connectivity index (χ1v) is 5.45. The van der Waals surface area contributed by atoms with Crippen molar-refractivity contribution >= 4 is 16.0 Å². The number of carboxylic acid groups (broad SMARTS) is 1. The summed E-state index contributed by atoms with van der Waals surface area (Å²) in [4.78, 5) is 10.5. The SMILES string of the molecule is COCCC(NS(C)(=O)=O)C(=O)O. The topological polar surface area (TPSA) is 92.7 Å². The monoisotopic (exact) mass is 211 g/mol. The second-order valence-electron chi connectivity index (χ2n) is 2.56. The van der Waals surface area contributed by atoms with Crippen LogP contribution in [0.1, 0.15) is 6.42 Å². The molecule has 0 aromatic rings. The Morgan fingerprint density at radius 1 is 1.62 bits per heavy atom. The number of sulfonamides is 1. The Labute approximate surface area is 76.9 Å². The van der Waals surface area contributed by atoms with Crippen LogP contribution in [0.2, 0.25) is 0 Å². The van der Waals surface area contributed by atoms with Crippen molar-refractivity contribution in [3.63, 3.8) is 0 Å². The molecule has 0 bridgehead atoms. The summed E-state index contributed by atoms with van der Waals surface area (Å²) >= 11 is 0. The van der Waals surface area contributed by atoms with E-state index in [-0.39, 0.29) is 13.0 Å². The number of carboxylic acids is 1. The molecule has 78 valence electrons. The van der Waals surface area contributed by atoms with Crippen LogP contribution < -0.4 is 4.72 Å². The molecule has 13 heavy (non-hydrogen) atoms. The third-order valence-electron chi connectivity index (χ3n) is 1.27. The van der Waals surface area contributed by atoms with Gasteiger partial charge in [-0.05, 0) is 6.42 Å². The fourth-order valence-corrected chi connectivity index (χ4v) is 1.46. The smallest absolute Gasteiger partial charge is 0.321 e. The molecule has 0 amide bonds. The summed E-state index contributed by atoms with van der Waals surface area (Å²) in [5.74, 6) is -1.21. The lowest BCUT2D eigenvalue weighted by molar-refractivity contribution is -0.139. The molecule has 0 aliphatic carbocycles. The highest BCUT2D eigenvalue weighted by atomic mass is 32.2. The summed E-state index contributed by atoms with van der Waals surface area (Å²) < 4.78 is 28.0. The molecule has 0 aliphatic heterocycles. The molecule has 2 N–H and O–H groups in total. The van der Waals surface area contributed by atoms with Crippen LogP contribution in [0.4, 0.5) is 0 Å². The summed E-state index contributed by atoms with van der Waals surface area (Å²) in [7, 11) is -2.07. The van der Waals surface area contributed by atoms with Crippen LogP contribution in [-0.4, -0.2) is 45.5 Å². The number of ether oxygens (including phenoxy) is 1. The Morgan fingerprint density at radius 3 is 2.46 bits per heavy atom. The highest BCUT2D eigenvalue weighted by molar-refractivity contribution is 7.88. The van der Waals surface area contributed by atoms with Crippen molar-refractivity contribution < 1.29 is 23.1 Å². The van der Waals surface area contributed by atoms with Crippen molar-refractivity contribution in [1.82, 2.24) is 4.72 Å². The van der Waals surface area contributed by atoms with Crippen LogP contribution in [0, 0.1) is 0 Å². The quantitative estimate of drug-likeness (QED) is 0.589. The van der Waals surface area contributed by atoms with E-state index in [4.69, 9.17) is 5.11 Å². The summed E-state index contributed by atoms with van der Waals surface area (Å²) in [5.41, 5.74) is 0. The van der Waals surface area contributed by atoms with Gasteiger partial charge in [-0.2, -0.15) is 0 Å². The number of aliphatic carboxylic acids is 1. The lowest BCUT2D eigenvalue weighted by Crippen LogP contribution is -2.40. The van der Waals surface area contributed by atoms with Crippen molar-refractivity contribution in [1.29, 1.82) is 0 Å². The first-order valence-electron chi connectivity index (χ1n) is 3.56. The summed E-state index contributed by atoms with van der Waals surface area (Å²) in [6.07, 6.45) is 1.02. The van der Waals surface area contributed by atoms with Gasteiger partial charge in [-0.3, -0.25) is 4.79 Å². The van der Waals surface area contributed by atoms with E-state index in [1.165, 1.54) is 7.11 Å². The zero-order valence-corrected chi connectivity index (χ0v) is 8.30. The average Bonchev–Trinajstić information content (AvgIpc) is 1.95. The maximum absolute atomic E-state index is 10.7. The normalized spacial score (nSPS) is 14.0. The van der Waals surface area contributed by atoms with E-state index in [0.29, 0.717) is 0 Å². The van der Waals surface area contributed by atoms with Gasteiger partial charge in [-0.1, -0.05) is 0 Å². The van der Waals surface area contributed by atoms with Crippen LogP contribution in [0.15, 0.2) is 0 Å². The summed E-state index contributed by atoms with van der Waals surface area (Å²) in [6, 6.07) is -1.12. The minimum atomic E-state index is -3.49. The zero-order chi connectivity index (χ0) is 10.5. The molecule has 0 fully saturated rings. The molecule has 0 spiro atoms. The highest BCUT2D eigenvalue weighted by Gasteiger charge is 2.20. The molecule has 6 nitrogen and oxygen atoms in total. The van der Waals surface area contributed by atoms with Crippen molar-refractivity contribution in [3.8, 4) is 0 Å². The number of nitrogens with one attached hydrogen (secondary N) is 1. The first kappa shape index (κ1) is 12.3. The fraction of sp³-hybridized carbons (Fsp3) is 0.833. The second-order valence-corrected chi connectivity index (χ2v) is 4.34. The van der Waals surface area contributed by atoms with Gasteiger partial charge < -0.3 is 9.84 Å². The van der Waals surface area contributed by atoms with Crippen LogP contribution >= 0.6 is 0 Å². The number of methoxy groups -OCH3 is 1. The third-order valence-corrected chi connectivity index (χ3v) is 1.98. The van der Waals surface area contributed by atoms with Crippen LogP contribution in [0.5, 0.6) is 0 Å². The third kappa shape index (κ3) is 6.50. The lowest BCUT2D eigenvalue weighted by Gasteiger charge is -2.11. The highest BCUT2D eigenvalue weighted by Crippen LogP contribution is 1.94. The minimum absolute atomic E-state index is 0.110. The molecule has 1 unspecified atom stereocenters. The molecule has 0 saturated heterocycles. The predicted molar refractivity (Wildman–Crippen MR) is 45.9 cm³/mol. The van der Waals surface area contributed by atoms with Crippen molar-refractivity contribution in [2.24, 2.45) is 0 Å². The van der Waals surface area contributed by atoms with Gasteiger partial charge in [0.2, 0.25) is 10.0 Å². The lowest BCUT2D eigenvalue weighted by atomic mass is 10.2. The maximum Gasteiger partial charge on any atom is 0.321 e. The Balaban J connectivity index is 4.19. The molecule has 0 heterocycles. The van der Waals surface area contributed by atoms with Gasteiger partial charge in [-0.25, -0.2) is 13.1 Å². The molecule has 7 heteroatoms. The Morgan fingerprint density at radius 2 is 2.15 bits per heavy atom. The van der Waals surface area contributed by atoms with Crippen LogP contribution in [0.3, 0.4) is 0 Å². The van der Waals surface area contributed by atoms with Crippen molar-refractivity contribution in [2.75, 3.05) is 20.0 Å². The van der Waals surface area contributed by atoms with Crippen LogP contribution in [0.25, 0.3) is 0 Å². The molecule has 0 aromatic carbocycles. The minimum Gasteiger partial charge on any atom is -0.480 e. The van der Waals surface area contributed by atoms with E-state index >= 15 is 0 Å². The Bertz CT molecular complexity index is 260. The van der Waals surface area contributed by atoms with Crippen LogP contribution in [-0.2, 0) is 19.6 Å². The summed E-state index contributed by atoms with van der Waals surface area (Å²) in [6.45, 7) is 0.194. The van der Waals surface area contributed by atoms with E-state index in [0.717, 1.165) is 6.26 Å². The molecular formula is C6H13NO5S. The maximum atomic E-state index is 10.7. The Kier molecular flexibility index (Phi) is 4.89. The van der Waals surface area contributed by atoms with Crippen molar-refractivity contribution in [3.05, 3.63) is 0 Å². The number of hydrogen-bond donors (Lipinski definition) is 2. The van der Waals surface area contributed by atoms with E-state index < -0.39 is 22.0 Å². The Hall–Kier alpha value is -0.660. The average molecular weight is 211 g/mol. The van der Waals surface area contributed by atoms with E-state index in [2.05, 4.69) is 4.74 Å². The molecule has 0 rings (SSSR count). The van der Waals surface area contributed by atoms with Gasteiger partial charge in [0.1, 0.15) is 6.04 Å². The van der Waals surface area contributed by atoms with Gasteiger partial charge in [0, 0.05) is 13.7 Å². The van der Waals surface area contributed by atoms with E-state index in [1.807, 2.05) is 4.72 Å². The first-order chi connectivity index (χ1) is 5.87. The molecule has 0 saturated carbocycles. The largest absolute Gasteiger partial charge is 0.480 e. The fourth-order valence-electron chi connectivity index (χ4n) is 0.727. The zero-order valence-electron chi connectivity index (χ0n) is 7.48. The van der Waals surface area contributed by atoms with Gasteiger partial charge in [-0.15, -0.1) is 0 Å². The van der Waals surface area contributed by atoms with Gasteiger partial charge >= 0.3 is 5.97 Å². The predicted octanol–water partition coefficient (Wildman–Crippen LogP) is -0.975. The van der Waals surface area contributed by atoms with E-state index in [9.17, 15) is 13.2 Å². The van der Waals surface area contributed by atoms with Gasteiger partial charge in [0.15, 0.2) is 0 Å². The standard InChI is InChI=1S/C6H13NO5S/c1-12-4-3-5(6(8)9)7-13(2,10)11/h5,7H,3-4H2,1-2H3,(H,8,9). The number of rotatable bonds is 6. The summed E-state index contributed by atoms with van der Waals surface area (Å²) in [5, 5.41) is 8.58.